The predicted molar refractivity (Wildman–Crippen MR) is 114 cm³/mol. The summed E-state index contributed by atoms with van der Waals surface area (Å²) in [5.74, 6) is 0.931. The molecular formula is C26H36O4. The maximum Gasteiger partial charge on any atom is 0.334 e. The molecule has 0 aromatic rings. The average Bonchev–Trinajstić information content (AvgIpc) is 3.02. The lowest BCUT2D eigenvalue weighted by Crippen LogP contribution is -2.58. The minimum absolute atomic E-state index is 0.0912. The van der Waals surface area contributed by atoms with Crippen LogP contribution < -0.4 is 0 Å². The number of hydrogen-bond acceptors (Lipinski definition) is 4. The van der Waals surface area contributed by atoms with E-state index in [9.17, 15) is 9.59 Å². The number of rotatable bonds is 1. The van der Waals surface area contributed by atoms with E-state index >= 15 is 0 Å². The fourth-order valence-corrected chi connectivity index (χ4v) is 8.64. The SMILES string of the molecule is CC(=O)OC1C=C2C3CCC4=C(C(=O)OC4)C3(C)CCC2C2(C)CCCC(C)(C)C12. The normalized spacial score (nSPS) is 44.2. The van der Waals surface area contributed by atoms with Gasteiger partial charge < -0.3 is 9.47 Å². The minimum Gasteiger partial charge on any atom is -0.458 e. The molecule has 0 amide bonds. The minimum atomic E-state index is -0.189. The van der Waals surface area contributed by atoms with E-state index in [0.29, 0.717) is 24.4 Å². The van der Waals surface area contributed by atoms with Crippen molar-refractivity contribution in [3.63, 3.8) is 0 Å². The van der Waals surface area contributed by atoms with Crippen molar-refractivity contribution in [2.75, 3.05) is 6.61 Å². The lowest BCUT2D eigenvalue weighted by Gasteiger charge is -2.63. The second-order valence-corrected chi connectivity index (χ2v) is 11.7. The molecule has 5 rings (SSSR count). The largest absolute Gasteiger partial charge is 0.458 e. The van der Waals surface area contributed by atoms with Gasteiger partial charge in [0, 0.05) is 23.8 Å². The van der Waals surface area contributed by atoms with E-state index < -0.39 is 0 Å². The Bertz CT molecular complexity index is 864. The van der Waals surface area contributed by atoms with Gasteiger partial charge in [0.25, 0.3) is 0 Å². The smallest absolute Gasteiger partial charge is 0.334 e. The van der Waals surface area contributed by atoms with Crippen molar-refractivity contribution in [3.8, 4) is 0 Å². The van der Waals surface area contributed by atoms with E-state index in [4.69, 9.17) is 9.47 Å². The Hall–Kier alpha value is -1.58. The molecule has 0 saturated heterocycles. The summed E-state index contributed by atoms with van der Waals surface area (Å²) in [4.78, 5) is 24.7. The van der Waals surface area contributed by atoms with Crippen molar-refractivity contribution < 1.29 is 19.1 Å². The van der Waals surface area contributed by atoms with Crippen LogP contribution in [0.2, 0.25) is 0 Å². The van der Waals surface area contributed by atoms with Gasteiger partial charge >= 0.3 is 11.9 Å². The number of cyclic esters (lactones) is 1. The van der Waals surface area contributed by atoms with E-state index in [1.54, 1.807) is 0 Å². The molecule has 30 heavy (non-hydrogen) atoms. The number of fused-ring (bicyclic) bond motifs is 6. The van der Waals surface area contributed by atoms with Gasteiger partial charge in [0.05, 0.1) is 0 Å². The molecule has 164 valence electrons. The van der Waals surface area contributed by atoms with Crippen LogP contribution in [0.15, 0.2) is 22.8 Å². The van der Waals surface area contributed by atoms with Crippen LogP contribution in [0.1, 0.15) is 79.6 Å². The first kappa shape index (κ1) is 20.3. The van der Waals surface area contributed by atoms with E-state index in [-0.39, 0.29) is 34.3 Å². The summed E-state index contributed by atoms with van der Waals surface area (Å²) < 4.78 is 11.5. The number of esters is 2. The van der Waals surface area contributed by atoms with Crippen LogP contribution in [0, 0.1) is 34.0 Å². The highest BCUT2D eigenvalue weighted by molar-refractivity contribution is 5.93. The van der Waals surface area contributed by atoms with Crippen molar-refractivity contribution >= 4 is 11.9 Å². The molecule has 0 radical (unpaired) electrons. The molecule has 4 nitrogen and oxygen atoms in total. The fraction of sp³-hybridized carbons (Fsp3) is 0.769. The molecule has 0 N–H and O–H groups in total. The van der Waals surface area contributed by atoms with Crippen LogP contribution in [0.3, 0.4) is 0 Å². The van der Waals surface area contributed by atoms with Crippen LogP contribution in [0.25, 0.3) is 0 Å². The third kappa shape index (κ3) is 2.64. The van der Waals surface area contributed by atoms with Crippen molar-refractivity contribution in [1.82, 2.24) is 0 Å². The molecule has 0 aromatic heterocycles. The zero-order valence-electron chi connectivity index (χ0n) is 19.2. The average molecular weight is 413 g/mol. The van der Waals surface area contributed by atoms with E-state index in [1.807, 2.05) is 0 Å². The molecule has 0 spiro atoms. The Labute approximate surface area is 180 Å². The summed E-state index contributed by atoms with van der Waals surface area (Å²) >= 11 is 0. The first-order chi connectivity index (χ1) is 14.1. The Morgan fingerprint density at radius 3 is 2.60 bits per heavy atom. The zero-order valence-corrected chi connectivity index (χ0v) is 19.2. The number of allylic oxidation sites excluding steroid dienone is 1. The molecule has 5 aliphatic rings. The van der Waals surface area contributed by atoms with Crippen molar-refractivity contribution in [2.45, 2.75) is 85.7 Å². The summed E-state index contributed by atoms with van der Waals surface area (Å²) in [6.45, 7) is 11.5. The summed E-state index contributed by atoms with van der Waals surface area (Å²) in [6.07, 6.45) is 9.97. The number of carbonyl (C=O) groups is 2. The number of ether oxygens (including phenoxy) is 2. The monoisotopic (exact) mass is 412 g/mol. The van der Waals surface area contributed by atoms with Gasteiger partial charge in [-0.1, -0.05) is 39.7 Å². The number of carbonyl (C=O) groups excluding carboxylic acids is 2. The molecule has 0 bridgehead atoms. The zero-order chi connectivity index (χ0) is 21.5. The van der Waals surface area contributed by atoms with Crippen molar-refractivity contribution in [2.24, 2.45) is 34.0 Å². The second-order valence-electron chi connectivity index (χ2n) is 11.7. The standard InChI is InChI=1S/C26H36O4/c1-15(27)30-20-13-17-18-8-7-16-14-29-23(28)21(16)25(18,4)12-9-19(17)26(5)11-6-10-24(2,3)22(20)26/h13,18-20,22H,6-12,14H2,1-5H3. The van der Waals surface area contributed by atoms with Crippen LogP contribution in [0.4, 0.5) is 0 Å². The lowest BCUT2D eigenvalue weighted by molar-refractivity contribution is -0.163. The molecule has 1 heterocycles. The Morgan fingerprint density at radius 1 is 1.10 bits per heavy atom. The van der Waals surface area contributed by atoms with Gasteiger partial charge in [0.2, 0.25) is 0 Å². The van der Waals surface area contributed by atoms with Crippen LogP contribution in [-0.2, 0) is 19.1 Å². The Morgan fingerprint density at radius 2 is 1.87 bits per heavy atom. The third-order valence-electron chi connectivity index (χ3n) is 9.64. The van der Waals surface area contributed by atoms with Crippen LogP contribution in [0.5, 0.6) is 0 Å². The molecule has 4 aliphatic carbocycles. The topological polar surface area (TPSA) is 52.6 Å². The molecule has 1 aliphatic heterocycles. The summed E-state index contributed by atoms with van der Waals surface area (Å²) in [5, 5.41) is 0. The first-order valence-electron chi connectivity index (χ1n) is 11.9. The van der Waals surface area contributed by atoms with Gasteiger partial charge in [-0.05, 0) is 72.8 Å². The Balaban J connectivity index is 1.62. The molecule has 2 saturated carbocycles. The fourth-order valence-electron chi connectivity index (χ4n) is 8.64. The first-order valence-corrected chi connectivity index (χ1v) is 11.9. The molecule has 0 aromatic carbocycles. The van der Waals surface area contributed by atoms with E-state index in [1.165, 1.54) is 37.3 Å². The highest BCUT2D eigenvalue weighted by atomic mass is 16.5. The molecular weight excluding hydrogens is 376 g/mol. The van der Waals surface area contributed by atoms with E-state index in [2.05, 4.69) is 33.8 Å². The summed E-state index contributed by atoms with van der Waals surface area (Å²) in [5.41, 5.74) is 3.81. The quantitative estimate of drug-likeness (QED) is 0.429. The molecule has 2 fully saturated rings. The highest BCUT2D eigenvalue weighted by Gasteiger charge is 2.62. The van der Waals surface area contributed by atoms with Gasteiger partial charge in [-0.25, -0.2) is 4.79 Å². The second kappa shape index (κ2) is 6.46. The summed E-state index contributed by atoms with van der Waals surface area (Å²) in [6, 6.07) is 0. The van der Waals surface area contributed by atoms with Gasteiger partial charge in [0.15, 0.2) is 0 Å². The van der Waals surface area contributed by atoms with Crippen LogP contribution >= 0.6 is 0 Å². The third-order valence-corrected chi connectivity index (χ3v) is 9.64. The number of hydrogen-bond donors (Lipinski definition) is 0. The van der Waals surface area contributed by atoms with Gasteiger partial charge in [-0.3, -0.25) is 4.79 Å². The molecule has 4 heteroatoms. The summed E-state index contributed by atoms with van der Waals surface area (Å²) in [7, 11) is 0. The highest BCUT2D eigenvalue weighted by Crippen LogP contribution is 2.67. The maximum absolute atomic E-state index is 12.6. The predicted octanol–water partition coefficient (Wildman–Crippen LogP) is 5.37. The maximum atomic E-state index is 12.6. The Kier molecular flexibility index (Phi) is 4.38. The van der Waals surface area contributed by atoms with Crippen LogP contribution in [-0.4, -0.2) is 24.6 Å². The molecule has 6 unspecified atom stereocenters. The van der Waals surface area contributed by atoms with Gasteiger partial charge in [0.1, 0.15) is 12.7 Å². The van der Waals surface area contributed by atoms with Gasteiger partial charge in [-0.15, -0.1) is 0 Å². The van der Waals surface area contributed by atoms with E-state index in [0.717, 1.165) is 31.3 Å². The van der Waals surface area contributed by atoms with Crippen molar-refractivity contribution in [1.29, 1.82) is 0 Å². The van der Waals surface area contributed by atoms with Crippen molar-refractivity contribution in [3.05, 3.63) is 22.8 Å². The molecule has 6 atom stereocenters. The lowest BCUT2D eigenvalue weighted by atomic mass is 9.42. The van der Waals surface area contributed by atoms with Gasteiger partial charge in [-0.2, -0.15) is 0 Å².